The molecule has 1 aromatic carbocycles. The molecule has 0 radical (unpaired) electrons. The lowest BCUT2D eigenvalue weighted by atomic mass is 10.2. The fraction of sp³-hybridized carbons (Fsp3) is 0.417. The van der Waals surface area contributed by atoms with Crippen LogP contribution < -0.4 is 9.47 Å². The van der Waals surface area contributed by atoms with E-state index < -0.39 is 0 Å². The first kappa shape index (κ1) is 12.9. The second kappa shape index (κ2) is 7.17. The normalized spacial score (nSPS) is 9.88. The van der Waals surface area contributed by atoms with Gasteiger partial charge in [0.2, 0.25) is 0 Å². The standard InChI is InChI=1S/C12H16O3S/c1-3-16-7-6-15-12-8-11(14-2)5-4-10(12)9-13/h4-5,8-9H,3,6-7H2,1-2H3. The van der Waals surface area contributed by atoms with Crippen molar-refractivity contribution in [1.29, 1.82) is 0 Å². The molecule has 0 aliphatic carbocycles. The molecule has 0 spiro atoms. The third kappa shape index (κ3) is 3.77. The summed E-state index contributed by atoms with van der Waals surface area (Å²) in [5.74, 6) is 3.28. The Morgan fingerprint density at radius 2 is 2.25 bits per heavy atom. The van der Waals surface area contributed by atoms with Crippen molar-refractivity contribution in [2.45, 2.75) is 6.92 Å². The molecule has 88 valence electrons. The molecule has 1 aromatic rings. The maximum Gasteiger partial charge on any atom is 0.153 e. The molecule has 0 unspecified atom stereocenters. The smallest absolute Gasteiger partial charge is 0.153 e. The van der Waals surface area contributed by atoms with E-state index in [9.17, 15) is 4.79 Å². The van der Waals surface area contributed by atoms with Crippen LogP contribution in [0.25, 0.3) is 0 Å². The van der Waals surface area contributed by atoms with Gasteiger partial charge in [0.15, 0.2) is 6.29 Å². The largest absolute Gasteiger partial charge is 0.497 e. The Labute approximate surface area is 100 Å². The molecule has 0 saturated heterocycles. The summed E-state index contributed by atoms with van der Waals surface area (Å²) in [4.78, 5) is 10.8. The third-order valence-corrected chi connectivity index (χ3v) is 2.90. The van der Waals surface area contributed by atoms with E-state index in [1.54, 1.807) is 37.1 Å². The molecule has 0 aromatic heterocycles. The molecule has 0 N–H and O–H groups in total. The van der Waals surface area contributed by atoms with Crippen molar-refractivity contribution in [3.63, 3.8) is 0 Å². The Hall–Kier alpha value is -1.16. The van der Waals surface area contributed by atoms with Gasteiger partial charge in [0.1, 0.15) is 11.5 Å². The van der Waals surface area contributed by atoms with E-state index in [0.29, 0.717) is 23.7 Å². The maximum atomic E-state index is 10.8. The highest BCUT2D eigenvalue weighted by molar-refractivity contribution is 7.99. The second-order valence-electron chi connectivity index (χ2n) is 3.07. The first-order chi connectivity index (χ1) is 7.81. The fourth-order valence-corrected chi connectivity index (χ4v) is 1.71. The molecule has 0 fully saturated rings. The van der Waals surface area contributed by atoms with Gasteiger partial charge in [-0.3, -0.25) is 4.79 Å². The SMILES string of the molecule is CCSCCOc1cc(OC)ccc1C=O. The van der Waals surface area contributed by atoms with Crippen LogP contribution in [-0.4, -0.2) is 31.5 Å². The number of methoxy groups -OCH3 is 1. The molecule has 0 bridgehead atoms. The molecule has 1 rings (SSSR count). The highest BCUT2D eigenvalue weighted by atomic mass is 32.2. The summed E-state index contributed by atoms with van der Waals surface area (Å²) in [5, 5.41) is 0. The summed E-state index contributed by atoms with van der Waals surface area (Å²) in [7, 11) is 1.59. The van der Waals surface area contributed by atoms with Gasteiger partial charge in [-0.25, -0.2) is 0 Å². The zero-order valence-corrected chi connectivity index (χ0v) is 10.4. The van der Waals surface area contributed by atoms with E-state index in [1.165, 1.54) is 0 Å². The van der Waals surface area contributed by atoms with E-state index in [0.717, 1.165) is 17.8 Å². The topological polar surface area (TPSA) is 35.5 Å². The minimum atomic E-state index is 0.558. The minimum absolute atomic E-state index is 0.558. The molecule has 0 amide bonds. The van der Waals surface area contributed by atoms with E-state index in [4.69, 9.17) is 9.47 Å². The van der Waals surface area contributed by atoms with E-state index in [2.05, 4.69) is 6.92 Å². The van der Waals surface area contributed by atoms with Crippen molar-refractivity contribution in [3.8, 4) is 11.5 Å². The van der Waals surface area contributed by atoms with Crippen molar-refractivity contribution >= 4 is 18.0 Å². The molecule has 16 heavy (non-hydrogen) atoms. The zero-order chi connectivity index (χ0) is 11.8. The molecular weight excluding hydrogens is 224 g/mol. The number of ether oxygens (including phenoxy) is 2. The van der Waals surface area contributed by atoms with Crippen LogP contribution in [0.5, 0.6) is 11.5 Å². The average molecular weight is 240 g/mol. The molecule has 0 heterocycles. The fourth-order valence-electron chi connectivity index (χ4n) is 1.22. The number of thioether (sulfide) groups is 1. The van der Waals surface area contributed by atoms with Crippen molar-refractivity contribution in [2.24, 2.45) is 0 Å². The van der Waals surface area contributed by atoms with Crippen molar-refractivity contribution < 1.29 is 14.3 Å². The lowest BCUT2D eigenvalue weighted by Gasteiger charge is -2.09. The van der Waals surface area contributed by atoms with Gasteiger partial charge in [0.05, 0.1) is 19.3 Å². The number of aldehydes is 1. The summed E-state index contributed by atoms with van der Waals surface area (Å²) in [6.45, 7) is 2.71. The molecular formula is C12H16O3S. The Morgan fingerprint density at radius 3 is 2.88 bits per heavy atom. The van der Waals surface area contributed by atoms with Crippen LogP contribution >= 0.6 is 11.8 Å². The van der Waals surface area contributed by atoms with E-state index in [-0.39, 0.29) is 0 Å². The Kier molecular flexibility index (Phi) is 5.78. The van der Waals surface area contributed by atoms with Crippen LogP contribution in [0.3, 0.4) is 0 Å². The van der Waals surface area contributed by atoms with Gasteiger partial charge < -0.3 is 9.47 Å². The predicted molar refractivity (Wildman–Crippen MR) is 66.9 cm³/mol. The van der Waals surface area contributed by atoms with Crippen LogP contribution in [0.4, 0.5) is 0 Å². The number of rotatable bonds is 7. The summed E-state index contributed by atoms with van der Waals surface area (Å²) >= 11 is 1.81. The monoisotopic (exact) mass is 240 g/mol. The summed E-state index contributed by atoms with van der Waals surface area (Å²) in [6.07, 6.45) is 0.793. The molecule has 0 atom stereocenters. The van der Waals surface area contributed by atoms with Crippen LogP contribution in [0.1, 0.15) is 17.3 Å². The maximum absolute atomic E-state index is 10.8. The first-order valence-electron chi connectivity index (χ1n) is 5.15. The van der Waals surface area contributed by atoms with Gasteiger partial charge in [-0.2, -0.15) is 11.8 Å². The van der Waals surface area contributed by atoms with Crippen LogP contribution in [0, 0.1) is 0 Å². The van der Waals surface area contributed by atoms with Gasteiger partial charge in [-0.15, -0.1) is 0 Å². The second-order valence-corrected chi connectivity index (χ2v) is 4.46. The molecule has 3 nitrogen and oxygen atoms in total. The van der Waals surface area contributed by atoms with Crippen molar-refractivity contribution in [3.05, 3.63) is 23.8 Å². The number of hydrogen-bond acceptors (Lipinski definition) is 4. The third-order valence-electron chi connectivity index (χ3n) is 2.04. The highest BCUT2D eigenvalue weighted by Crippen LogP contribution is 2.23. The highest BCUT2D eigenvalue weighted by Gasteiger charge is 2.04. The zero-order valence-electron chi connectivity index (χ0n) is 9.56. The van der Waals surface area contributed by atoms with E-state index >= 15 is 0 Å². The van der Waals surface area contributed by atoms with Gasteiger partial charge in [-0.05, 0) is 17.9 Å². The van der Waals surface area contributed by atoms with Crippen LogP contribution in [0.2, 0.25) is 0 Å². The van der Waals surface area contributed by atoms with Gasteiger partial charge in [-0.1, -0.05) is 6.92 Å². The van der Waals surface area contributed by atoms with Gasteiger partial charge >= 0.3 is 0 Å². The molecule has 0 aliphatic heterocycles. The number of hydrogen-bond donors (Lipinski definition) is 0. The summed E-state index contributed by atoms with van der Waals surface area (Å²) in [5.41, 5.74) is 0.558. The quantitative estimate of drug-likeness (QED) is 0.542. The average Bonchev–Trinajstić information content (AvgIpc) is 2.34. The van der Waals surface area contributed by atoms with Crippen molar-refractivity contribution in [2.75, 3.05) is 25.2 Å². The molecule has 0 aliphatic rings. The predicted octanol–water partition coefficient (Wildman–Crippen LogP) is 2.64. The Morgan fingerprint density at radius 1 is 1.44 bits per heavy atom. The molecule has 4 heteroatoms. The first-order valence-corrected chi connectivity index (χ1v) is 6.31. The number of benzene rings is 1. The lowest BCUT2D eigenvalue weighted by Crippen LogP contribution is -2.02. The van der Waals surface area contributed by atoms with Gasteiger partial charge in [0.25, 0.3) is 0 Å². The van der Waals surface area contributed by atoms with Gasteiger partial charge in [0, 0.05) is 11.8 Å². The summed E-state index contributed by atoms with van der Waals surface area (Å²) < 4.78 is 10.6. The van der Waals surface area contributed by atoms with E-state index in [1.807, 2.05) is 0 Å². The minimum Gasteiger partial charge on any atom is -0.497 e. The number of carbonyl (C=O) groups is 1. The Bertz CT molecular complexity index is 339. The van der Waals surface area contributed by atoms with Crippen LogP contribution in [-0.2, 0) is 0 Å². The lowest BCUT2D eigenvalue weighted by molar-refractivity contribution is 0.112. The number of carbonyl (C=O) groups excluding carboxylic acids is 1. The van der Waals surface area contributed by atoms with Crippen molar-refractivity contribution in [1.82, 2.24) is 0 Å². The van der Waals surface area contributed by atoms with Crippen LogP contribution in [0.15, 0.2) is 18.2 Å². The summed E-state index contributed by atoms with van der Waals surface area (Å²) in [6, 6.07) is 5.19. The molecule has 0 saturated carbocycles. The Balaban J connectivity index is 2.64.